The van der Waals surface area contributed by atoms with Crippen LogP contribution in [-0.2, 0) is 4.79 Å². The van der Waals surface area contributed by atoms with Gasteiger partial charge in [0.25, 0.3) is 0 Å². The van der Waals surface area contributed by atoms with E-state index < -0.39 is 17.5 Å². The van der Waals surface area contributed by atoms with Crippen molar-refractivity contribution in [2.24, 2.45) is 11.1 Å². The van der Waals surface area contributed by atoms with Crippen molar-refractivity contribution in [1.82, 2.24) is 0 Å². The second-order valence-corrected chi connectivity index (χ2v) is 6.43. The molecule has 1 atom stereocenters. The number of halogens is 3. The highest BCUT2D eigenvalue weighted by atomic mass is 35.5. The van der Waals surface area contributed by atoms with Crippen LogP contribution in [0, 0.1) is 17.0 Å². The first-order chi connectivity index (χ1) is 9.08. The van der Waals surface area contributed by atoms with Gasteiger partial charge in [-0.2, -0.15) is 0 Å². The third kappa shape index (κ3) is 5.43. The van der Waals surface area contributed by atoms with Crippen molar-refractivity contribution in [3.05, 3.63) is 28.8 Å². The van der Waals surface area contributed by atoms with Crippen LogP contribution in [0.15, 0.2) is 12.1 Å². The Morgan fingerprint density at radius 1 is 1.40 bits per heavy atom. The van der Waals surface area contributed by atoms with Crippen LogP contribution in [0.5, 0.6) is 0 Å². The van der Waals surface area contributed by atoms with Crippen molar-refractivity contribution in [1.29, 1.82) is 0 Å². The fourth-order valence-corrected chi connectivity index (χ4v) is 2.19. The molecule has 0 saturated carbocycles. The van der Waals surface area contributed by atoms with Crippen LogP contribution in [0.1, 0.15) is 33.6 Å². The third-order valence-corrected chi connectivity index (χ3v) is 2.89. The van der Waals surface area contributed by atoms with Crippen LogP contribution in [0.3, 0.4) is 0 Å². The van der Waals surface area contributed by atoms with Crippen molar-refractivity contribution in [3.63, 3.8) is 0 Å². The minimum atomic E-state index is -0.909. The van der Waals surface area contributed by atoms with Crippen LogP contribution in [0.25, 0.3) is 0 Å². The first kappa shape index (κ1) is 16.9. The Morgan fingerprint density at radius 2 is 2.00 bits per heavy atom. The van der Waals surface area contributed by atoms with Gasteiger partial charge in [0, 0.05) is 18.5 Å². The summed E-state index contributed by atoms with van der Waals surface area (Å²) in [5, 5.41) is 2.15. The van der Waals surface area contributed by atoms with Crippen molar-refractivity contribution in [3.8, 4) is 0 Å². The average molecular weight is 305 g/mol. The normalized spacial score (nSPS) is 13.2. The molecule has 1 unspecified atom stereocenters. The molecule has 1 aromatic carbocycles. The predicted octanol–water partition coefficient (Wildman–Crippen LogP) is 3.71. The Kier molecular flexibility index (Phi) is 5.48. The largest absolute Gasteiger partial charge is 0.327 e. The molecule has 1 amide bonds. The summed E-state index contributed by atoms with van der Waals surface area (Å²) in [7, 11) is 0. The third-order valence-electron chi connectivity index (χ3n) is 2.59. The Hall–Kier alpha value is -1.20. The lowest BCUT2D eigenvalue weighted by molar-refractivity contribution is -0.116. The summed E-state index contributed by atoms with van der Waals surface area (Å²) in [5.41, 5.74) is 5.64. The van der Waals surface area contributed by atoms with Gasteiger partial charge in [-0.3, -0.25) is 4.79 Å². The van der Waals surface area contributed by atoms with Gasteiger partial charge in [-0.05, 0) is 17.9 Å². The van der Waals surface area contributed by atoms with Crippen LogP contribution in [0.2, 0.25) is 5.02 Å². The fourth-order valence-electron chi connectivity index (χ4n) is 1.95. The molecular weight excluding hydrogens is 286 g/mol. The summed E-state index contributed by atoms with van der Waals surface area (Å²) in [6, 6.07) is 1.27. The summed E-state index contributed by atoms with van der Waals surface area (Å²) >= 11 is 5.70. The van der Waals surface area contributed by atoms with Crippen LogP contribution >= 0.6 is 11.6 Å². The van der Waals surface area contributed by atoms with E-state index >= 15 is 0 Å². The molecule has 1 rings (SSSR count). The van der Waals surface area contributed by atoms with Gasteiger partial charge in [-0.1, -0.05) is 32.4 Å². The van der Waals surface area contributed by atoms with Gasteiger partial charge in [-0.15, -0.1) is 0 Å². The average Bonchev–Trinajstić information content (AvgIpc) is 2.20. The molecule has 3 nitrogen and oxygen atoms in total. The Bertz CT molecular complexity index is 477. The van der Waals surface area contributed by atoms with Crippen molar-refractivity contribution >= 4 is 23.2 Å². The second kappa shape index (κ2) is 6.50. The monoisotopic (exact) mass is 304 g/mol. The van der Waals surface area contributed by atoms with Gasteiger partial charge in [0.2, 0.25) is 5.91 Å². The molecule has 6 heteroatoms. The van der Waals surface area contributed by atoms with Gasteiger partial charge in [-0.25, -0.2) is 8.78 Å². The molecule has 0 radical (unpaired) electrons. The Balaban J connectivity index is 2.68. The minimum absolute atomic E-state index is 0.00152. The van der Waals surface area contributed by atoms with Crippen molar-refractivity contribution < 1.29 is 13.6 Å². The predicted molar refractivity (Wildman–Crippen MR) is 76.7 cm³/mol. The molecule has 1 aromatic rings. The molecule has 20 heavy (non-hydrogen) atoms. The number of nitrogens with one attached hydrogen (secondary N) is 1. The summed E-state index contributed by atoms with van der Waals surface area (Å²) < 4.78 is 26.4. The van der Waals surface area contributed by atoms with Crippen molar-refractivity contribution in [2.75, 3.05) is 5.32 Å². The van der Waals surface area contributed by atoms with Gasteiger partial charge in [0.05, 0.1) is 10.7 Å². The molecule has 0 spiro atoms. The van der Waals surface area contributed by atoms with Crippen LogP contribution in [-0.4, -0.2) is 11.9 Å². The summed E-state index contributed by atoms with van der Waals surface area (Å²) in [6.45, 7) is 6.05. The highest BCUT2D eigenvalue weighted by Crippen LogP contribution is 2.27. The SMILES string of the molecule is CC(C)(C)CC(N)CC(=O)Nc1c(F)cc(F)cc1Cl. The van der Waals surface area contributed by atoms with E-state index in [1.165, 1.54) is 0 Å². The number of benzene rings is 1. The van der Waals surface area contributed by atoms with Gasteiger partial charge in [0.1, 0.15) is 5.82 Å². The number of hydrogen-bond donors (Lipinski definition) is 2. The standard InChI is InChI=1S/C14H19ClF2N2O/c1-14(2,3)7-9(18)6-12(20)19-13-10(15)4-8(16)5-11(13)17/h4-5,9H,6-7,18H2,1-3H3,(H,19,20). The number of amides is 1. The molecule has 112 valence electrons. The zero-order valence-corrected chi connectivity index (χ0v) is 12.5. The highest BCUT2D eigenvalue weighted by Gasteiger charge is 2.19. The van der Waals surface area contributed by atoms with E-state index in [4.69, 9.17) is 17.3 Å². The van der Waals surface area contributed by atoms with E-state index in [1.807, 2.05) is 20.8 Å². The van der Waals surface area contributed by atoms with E-state index in [1.54, 1.807) is 0 Å². The van der Waals surface area contributed by atoms with E-state index in [9.17, 15) is 13.6 Å². The van der Waals surface area contributed by atoms with Crippen LogP contribution in [0.4, 0.5) is 14.5 Å². The second-order valence-electron chi connectivity index (χ2n) is 6.02. The minimum Gasteiger partial charge on any atom is -0.327 e. The topological polar surface area (TPSA) is 55.1 Å². The lowest BCUT2D eigenvalue weighted by atomic mass is 9.87. The number of carbonyl (C=O) groups excluding carboxylic acids is 1. The molecular formula is C14H19ClF2N2O. The van der Waals surface area contributed by atoms with Gasteiger partial charge in [0.15, 0.2) is 5.82 Å². The highest BCUT2D eigenvalue weighted by molar-refractivity contribution is 6.33. The number of nitrogens with two attached hydrogens (primary N) is 1. The van der Waals surface area contributed by atoms with E-state index in [0.29, 0.717) is 12.5 Å². The molecule has 3 N–H and O–H groups in total. The summed E-state index contributed by atoms with van der Waals surface area (Å²) in [5.74, 6) is -2.16. The maximum atomic E-state index is 13.5. The quantitative estimate of drug-likeness (QED) is 0.891. The van der Waals surface area contributed by atoms with Gasteiger partial charge < -0.3 is 11.1 Å². The lowest BCUT2D eigenvalue weighted by Crippen LogP contribution is -2.31. The molecule has 0 bridgehead atoms. The number of anilines is 1. The van der Waals surface area contributed by atoms with E-state index in [2.05, 4.69) is 5.32 Å². The number of rotatable bonds is 4. The van der Waals surface area contributed by atoms with Gasteiger partial charge >= 0.3 is 0 Å². The molecule has 0 fully saturated rings. The first-order valence-corrected chi connectivity index (χ1v) is 6.66. The molecule has 0 aliphatic heterocycles. The van der Waals surface area contributed by atoms with E-state index in [0.717, 1.165) is 6.07 Å². The fraction of sp³-hybridized carbons (Fsp3) is 0.500. The maximum absolute atomic E-state index is 13.5. The van der Waals surface area contributed by atoms with Crippen LogP contribution < -0.4 is 11.1 Å². The summed E-state index contributed by atoms with van der Waals surface area (Å²) in [4.78, 5) is 11.8. The smallest absolute Gasteiger partial charge is 0.226 e. The molecule has 0 aromatic heterocycles. The Labute approximate surface area is 122 Å². The maximum Gasteiger partial charge on any atom is 0.226 e. The zero-order chi connectivity index (χ0) is 15.5. The first-order valence-electron chi connectivity index (χ1n) is 6.28. The van der Waals surface area contributed by atoms with Crippen molar-refractivity contribution in [2.45, 2.75) is 39.7 Å². The Morgan fingerprint density at radius 3 is 2.50 bits per heavy atom. The molecule has 0 heterocycles. The molecule has 0 aliphatic rings. The summed E-state index contributed by atoms with van der Waals surface area (Å²) in [6.07, 6.45) is 0.699. The number of carbonyl (C=O) groups is 1. The lowest BCUT2D eigenvalue weighted by Gasteiger charge is -2.22. The molecule has 0 saturated heterocycles. The molecule has 0 aliphatic carbocycles. The zero-order valence-electron chi connectivity index (χ0n) is 11.8. The van der Waals surface area contributed by atoms with E-state index in [-0.39, 0.29) is 28.6 Å². The number of hydrogen-bond acceptors (Lipinski definition) is 2.